The van der Waals surface area contributed by atoms with Gasteiger partial charge in [0.25, 0.3) is 0 Å². The van der Waals surface area contributed by atoms with Gasteiger partial charge in [0.15, 0.2) is 6.10 Å². The minimum Gasteiger partial charge on any atom is -0.457 e. The molecule has 2 rings (SSSR count). The van der Waals surface area contributed by atoms with Crippen molar-refractivity contribution in [1.29, 1.82) is 0 Å². The van der Waals surface area contributed by atoms with Crippen LogP contribution >= 0.6 is 0 Å². The van der Waals surface area contributed by atoms with Crippen LogP contribution in [0.15, 0.2) is 0 Å². The van der Waals surface area contributed by atoms with E-state index in [-0.39, 0.29) is 24.6 Å². The highest BCUT2D eigenvalue weighted by atomic mass is 17.1. The van der Waals surface area contributed by atoms with Gasteiger partial charge in [-0.1, -0.05) is 6.92 Å². The molecule has 2 aliphatic rings. The van der Waals surface area contributed by atoms with E-state index in [1.54, 1.807) is 0 Å². The van der Waals surface area contributed by atoms with E-state index in [4.69, 9.17) is 24.6 Å². The summed E-state index contributed by atoms with van der Waals surface area (Å²) in [5, 5.41) is 16.8. The van der Waals surface area contributed by atoms with Gasteiger partial charge in [0.05, 0.1) is 18.6 Å². The molecule has 0 saturated carbocycles. The van der Waals surface area contributed by atoms with Crippen LogP contribution in [-0.2, 0) is 23.8 Å². The molecule has 0 radical (unpaired) electrons. The Bertz CT molecular complexity index is 298. The second kappa shape index (κ2) is 5.91. The highest BCUT2D eigenvalue weighted by Crippen LogP contribution is 2.30. The van der Waals surface area contributed by atoms with E-state index in [9.17, 15) is 4.79 Å². The average Bonchev–Trinajstić information content (AvgIpc) is 2.83. The quantitative estimate of drug-likeness (QED) is 0.523. The first kappa shape index (κ1) is 13.7. The summed E-state index contributed by atoms with van der Waals surface area (Å²) in [5.74, 6) is -0.286. The summed E-state index contributed by atoms with van der Waals surface area (Å²) < 4.78 is 16.0. The minimum absolute atomic E-state index is 0.148. The van der Waals surface area contributed by atoms with Gasteiger partial charge in [-0.3, -0.25) is 15.2 Å². The second-order valence-electron chi connectivity index (χ2n) is 4.27. The summed E-state index contributed by atoms with van der Waals surface area (Å²) >= 11 is 0. The van der Waals surface area contributed by atoms with E-state index in [0.29, 0.717) is 6.42 Å². The van der Waals surface area contributed by atoms with Gasteiger partial charge in [-0.15, -0.1) is 0 Å². The molecule has 2 N–H and O–H groups in total. The molecule has 2 fully saturated rings. The first-order valence-electron chi connectivity index (χ1n) is 5.89. The fourth-order valence-electron chi connectivity index (χ4n) is 2.17. The summed E-state index contributed by atoms with van der Waals surface area (Å²) in [7, 11) is 0. The summed E-state index contributed by atoms with van der Waals surface area (Å²) in [5.41, 5.74) is 0. The van der Waals surface area contributed by atoms with E-state index < -0.39 is 24.4 Å². The van der Waals surface area contributed by atoms with Gasteiger partial charge < -0.3 is 14.2 Å². The van der Waals surface area contributed by atoms with Crippen molar-refractivity contribution >= 4 is 5.97 Å². The molecule has 0 bridgehead atoms. The monoisotopic (exact) mass is 263 g/mol. The molecule has 18 heavy (non-hydrogen) atoms. The molecule has 2 saturated heterocycles. The molecule has 4 atom stereocenters. The molecular formula is C10H17NO7. The molecule has 2 heterocycles. The molecular weight excluding hydrogens is 246 g/mol. The minimum atomic E-state index is -0.625. The van der Waals surface area contributed by atoms with Crippen LogP contribution in [0, 0.1) is 0 Å². The van der Waals surface area contributed by atoms with Crippen molar-refractivity contribution in [3.63, 3.8) is 0 Å². The van der Waals surface area contributed by atoms with Crippen LogP contribution in [0.1, 0.15) is 19.8 Å². The number of nitrogens with zero attached hydrogens (tertiary/aromatic N) is 1. The fourth-order valence-corrected chi connectivity index (χ4v) is 2.17. The zero-order chi connectivity index (χ0) is 13.1. The maximum Gasteiger partial charge on any atom is 0.306 e. The molecule has 0 aliphatic carbocycles. The molecule has 0 spiro atoms. The lowest BCUT2D eigenvalue weighted by atomic mass is 10.1. The van der Waals surface area contributed by atoms with E-state index in [1.807, 2.05) is 6.92 Å². The molecule has 0 aromatic rings. The summed E-state index contributed by atoms with van der Waals surface area (Å²) in [6, 6.07) is 0. The zero-order valence-corrected chi connectivity index (χ0v) is 10.0. The number of hydrogen-bond acceptors (Lipinski definition) is 8. The highest BCUT2D eigenvalue weighted by molar-refractivity contribution is 5.69. The van der Waals surface area contributed by atoms with Crippen molar-refractivity contribution < 1.29 is 34.3 Å². The Morgan fingerprint density at radius 1 is 1.28 bits per heavy atom. The Balaban J connectivity index is 1.86. The number of carbonyl (C=O) groups excluding carboxylic acids is 1. The molecule has 0 aromatic carbocycles. The molecule has 8 nitrogen and oxygen atoms in total. The highest BCUT2D eigenvalue weighted by Gasteiger charge is 2.50. The predicted molar refractivity (Wildman–Crippen MR) is 54.6 cm³/mol. The van der Waals surface area contributed by atoms with Gasteiger partial charge in [-0.25, -0.2) is 4.84 Å². The Labute approximate surface area is 104 Å². The van der Waals surface area contributed by atoms with Crippen LogP contribution in [0.3, 0.4) is 0 Å². The molecule has 0 unspecified atom stereocenters. The van der Waals surface area contributed by atoms with Gasteiger partial charge in [0, 0.05) is 6.42 Å². The number of esters is 1. The summed E-state index contributed by atoms with van der Waals surface area (Å²) in [6.45, 7) is 2.26. The third-order valence-electron chi connectivity index (χ3n) is 2.93. The van der Waals surface area contributed by atoms with Gasteiger partial charge in [-0.2, -0.15) is 0 Å². The molecule has 8 heteroatoms. The van der Waals surface area contributed by atoms with Gasteiger partial charge in [-0.05, 0) is 6.42 Å². The third kappa shape index (κ3) is 2.97. The van der Waals surface area contributed by atoms with Crippen LogP contribution in [0.2, 0.25) is 0 Å². The fraction of sp³-hybridized carbons (Fsp3) is 0.900. The first-order chi connectivity index (χ1) is 8.61. The lowest BCUT2D eigenvalue weighted by Crippen LogP contribution is -2.37. The van der Waals surface area contributed by atoms with E-state index in [0.717, 1.165) is 6.42 Å². The number of hydrogen-bond donors (Lipinski definition) is 2. The maximum absolute atomic E-state index is 11.4. The normalized spacial score (nSPS) is 34.9. The van der Waals surface area contributed by atoms with Crippen molar-refractivity contribution in [2.45, 2.75) is 44.2 Å². The SMILES string of the molecule is CCCC(=O)O[C@@H]1CO[C@H]2[C@@H]1OC[C@H]2ON(O)O. The van der Waals surface area contributed by atoms with Crippen molar-refractivity contribution in [3.8, 4) is 0 Å². The van der Waals surface area contributed by atoms with Crippen LogP contribution in [0.25, 0.3) is 0 Å². The topological polar surface area (TPSA) is 97.7 Å². The van der Waals surface area contributed by atoms with Crippen LogP contribution in [-0.4, -0.2) is 59.4 Å². The van der Waals surface area contributed by atoms with Crippen molar-refractivity contribution in [3.05, 3.63) is 0 Å². The van der Waals surface area contributed by atoms with Crippen molar-refractivity contribution in [2.24, 2.45) is 0 Å². The Kier molecular flexibility index (Phi) is 4.49. The van der Waals surface area contributed by atoms with E-state index >= 15 is 0 Å². The van der Waals surface area contributed by atoms with E-state index in [2.05, 4.69) is 4.84 Å². The summed E-state index contributed by atoms with van der Waals surface area (Å²) in [4.78, 5) is 16.1. The van der Waals surface area contributed by atoms with Crippen LogP contribution in [0.4, 0.5) is 0 Å². The number of fused-ring (bicyclic) bond motifs is 1. The smallest absolute Gasteiger partial charge is 0.306 e. The molecule has 104 valence electrons. The Hall–Kier alpha value is -0.770. The predicted octanol–water partition coefficient (Wildman–Crippen LogP) is -0.123. The van der Waals surface area contributed by atoms with Gasteiger partial charge in [0.2, 0.25) is 0 Å². The lowest BCUT2D eigenvalue weighted by molar-refractivity contribution is -0.507. The van der Waals surface area contributed by atoms with Crippen LogP contribution < -0.4 is 0 Å². The number of rotatable bonds is 5. The standard InChI is InChI=1S/C10H17NO7/c1-2-3-8(12)17-6-4-15-10-7(18-11(13)14)5-16-9(6)10/h6-7,9-10,13-14H,2-5H2,1H3/t6-,7-,9-,10-/m1/s1. The molecule has 0 amide bonds. The largest absolute Gasteiger partial charge is 0.457 e. The number of carbonyl (C=O) groups is 1. The number of ether oxygens (including phenoxy) is 3. The lowest BCUT2D eigenvalue weighted by Gasteiger charge is -2.17. The van der Waals surface area contributed by atoms with E-state index in [1.165, 1.54) is 0 Å². The summed E-state index contributed by atoms with van der Waals surface area (Å²) in [6.07, 6.45) is -0.901. The van der Waals surface area contributed by atoms with Crippen LogP contribution in [0.5, 0.6) is 0 Å². The van der Waals surface area contributed by atoms with Crippen molar-refractivity contribution in [1.82, 2.24) is 5.39 Å². The second-order valence-corrected chi connectivity index (χ2v) is 4.27. The maximum atomic E-state index is 11.4. The van der Waals surface area contributed by atoms with Gasteiger partial charge >= 0.3 is 5.97 Å². The third-order valence-corrected chi connectivity index (χ3v) is 2.93. The van der Waals surface area contributed by atoms with Gasteiger partial charge in [0.1, 0.15) is 18.3 Å². The van der Waals surface area contributed by atoms with Crippen molar-refractivity contribution in [2.75, 3.05) is 13.2 Å². The molecule has 0 aromatic heterocycles. The zero-order valence-electron chi connectivity index (χ0n) is 10.0. The Morgan fingerprint density at radius 2 is 1.89 bits per heavy atom. The Morgan fingerprint density at radius 3 is 2.50 bits per heavy atom. The first-order valence-corrected chi connectivity index (χ1v) is 5.89. The molecule has 2 aliphatic heterocycles. The average molecular weight is 263 g/mol.